The van der Waals surface area contributed by atoms with Gasteiger partial charge in [-0.2, -0.15) is 0 Å². The normalized spacial score (nSPS) is 15.1. The van der Waals surface area contributed by atoms with Gasteiger partial charge in [-0.3, -0.25) is 10.1 Å². The number of esters is 1. The summed E-state index contributed by atoms with van der Waals surface area (Å²) in [7, 11) is 1.57. The van der Waals surface area contributed by atoms with Crippen molar-refractivity contribution < 1.29 is 19.2 Å². The van der Waals surface area contributed by atoms with Crippen molar-refractivity contribution in [3.05, 3.63) is 81.4 Å². The van der Waals surface area contributed by atoms with Gasteiger partial charge in [-0.25, -0.2) is 4.79 Å². The fourth-order valence-electron chi connectivity index (χ4n) is 2.33. The van der Waals surface area contributed by atoms with Crippen molar-refractivity contribution in [1.82, 2.24) is 0 Å². The molecule has 0 atom stereocenters. The molecule has 0 saturated carbocycles. The van der Waals surface area contributed by atoms with E-state index in [1.807, 2.05) is 0 Å². The highest BCUT2D eigenvalue weighted by molar-refractivity contribution is 6.05. The highest BCUT2D eigenvalue weighted by Crippen LogP contribution is 2.30. The van der Waals surface area contributed by atoms with E-state index in [9.17, 15) is 14.9 Å². The van der Waals surface area contributed by atoms with Crippen LogP contribution < -0.4 is 4.74 Å². The van der Waals surface area contributed by atoms with Crippen LogP contribution in [0.5, 0.6) is 5.75 Å². The molecule has 6 heteroatoms. The largest absolute Gasteiger partial charge is 0.497 e. The number of hydrogen-bond donors (Lipinski definition) is 0. The molecule has 1 heterocycles. The lowest BCUT2D eigenvalue weighted by atomic mass is 10.1. The van der Waals surface area contributed by atoms with Crippen LogP contribution in [0.2, 0.25) is 0 Å². The van der Waals surface area contributed by atoms with E-state index >= 15 is 0 Å². The molecule has 1 aliphatic heterocycles. The maximum atomic E-state index is 12.0. The first-order valence-corrected chi connectivity index (χ1v) is 7.12. The number of carbonyl (C=O) groups excluding carboxylic acids is 1. The van der Waals surface area contributed by atoms with Crippen LogP contribution in [0.4, 0.5) is 5.69 Å². The maximum absolute atomic E-state index is 12.0. The summed E-state index contributed by atoms with van der Waals surface area (Å²) in [4.78, 5) is 22.6. The quantitative estimate of drug-likeness (QED) is 0.372. The molecule has 2 aromatic carbocycles. The number of benzene rings is 2. The minimum Gasteiger partial charge on any atom is -0.497 e. The Morgan fingerprint density at radius 1 is 1.12 bits per heavy atom. The van der Waals surface area contributed by atoms with Crippen LogP contribution in [0.25, 0.3) is 11.8 Å². The molecule has 0 amide bonds. The topological polar surface area (TPSA) is 78.7 Å². The van der Waals surface area contributed by atoms with E-state index in [-0.39, 0.29) is 11.3 Å². The lowest BCUT2D eigenvalue weighted by Crippen LogP contribution is -1.98. The van der Waals surface area contributed by atoms with Crippen LogP contribution in [0.15, 0.2) is 60.2 Å². The number of nitro benzene ring substituents is 1. The molecule has 0 saturated heterocycles. The number of para-hydroxylation sites is 1. The van der Waals surface area contributed by atoms with Gasteiger partial charge in [0.1, 0.15) is 11.5 Å². The molecule has 1 aliphatic rings. The third kappa shape index (κ3) is 3.03. The van der Waals surface area contributed by atoms with Crippen LogP contribution in [-0.4, -0.2) is 18.0 Å². The SMILES string of the molecule is COc1ccc(C2=C/C(=C\c3ccccc3[N+](=O)[O-])C(=O)O2)cc1. The van der Waals surface area contributed by atoms with Crippen LogP contribution in [0.1, 0.15) is 11.1 Å². The molecular weight excluding hydrogens is 310 g/mol. The minimum absolute atomic E-state index is 0.0657. The van der Waals surface area contributed by atoms with E-state index in [4.69, 9.17) is 9.47 Å². The van der Waals surface area contributed by atoms with Gasteiger partial charge in [-0.05, 0) is 42.5 Å². The molecule has 0 spiro atoms. The molecule has 2 aromatic rings. The summed E-state index contributed by atoms with van der Waals surface area (Å²) >= 11 is 0. The number of rotatable bonds is 4. The summed E-state index contributed by atoms with van der Waals surface area (Å²) in [5, 5.41) is 11.1. The number of nitro groups is 1. The third-order valence-corrected chi connectivity index (χ3v) is 3.54. The summed E-state index contributed by atoms with van der Waals surface area (Å²) in [6.45, 7) is 0. The van der Waals surface area contributed by atoms with Crippen LogP contribution >= 0.6 is 0 Å². The number of nitrogens with zero attached hydrogens (tertiary/aromatic N) is 1. The Bertz CT molecular complexity index is 865. The van der Waals surface area contributed by atoms with Crippen molar-refractivity contribution in [2.75, 3.05) is 7.11 Å². The zero-order chi connectivity index (χ0) is 17.1. The molecule has 0 radical (unpaired) electrons. The lowest BCUT2D eigenvalue weighted by Gasteiger charge is -2.03. The molecule has 6 nitrogen and oxygen atoms in total. The summed E-state index contributed by atoms with van der Waals surface area (Å²) in [5.41, 5.74) is 1.26. The number of ether oxygens (including phenoxy) is 2. The Kier molecular flexibility index (Phi) is 4.11. The molecule has 120 valence electrons. The zero-order valence-corrected chi connectivity index (χ0v) is 12.8. The second kappa shape index (κ2) is 6.37. The van der Waals surface area contributed by atoms with Crippen LogP contribution in [0.3, 0.4) is 0 Å². The Labute approximate surface area is 137 Å². The van der Waals surface area contributed by atoms with E-state index < -0.39 is 10.9 Å². The smallest absolute Gasteiger partial charge is 0.343 e. The standard InChI is InChI=1S/C18H13NO5/c1-23-15-8-6-12(7-9-15)17-11-14(18(20)24-17)10-13-4-2-3-5-16(13)19(21)22/h2-11H,1H3/b14-10+. The predicted molar refractivity (Wildman–Crippen MR) is 88.1 cm³/mol. The first-order valence-electron chi connectivity index (χ1n) is 7.12. The van der Waals surface area contributed by atoms with Crippen LogP contribution in [0, 0.1) is 10.1 Å². The van der Waals surface area contributed by atoms with E-state index in [0.717, 1.165) is 5.56 Å². The summed E-state index contributed by atoms with van der Waals surface area (Å²) in [6, 6.07) is 13.3. The second-order valence-corrected chi connectivity index (χ2v) is 5.04. The predicted octanol–water partition coefficient (Wildman–Crippen LogP) is 3.58. The monoisotopic (exact) mass is 323 g/mol. The van der Waals surface area contributed by atoms with Crippen molar-refractivity contribution in [3.8, 4) is 5.75 Å². The average molecular weight is 323 g/mol. The Morgan fingerprint density at radius 3 is 2.50 bits per heavy atom. The molecule has 0 fully saturated rings. The van der Waals surface area contributed by atoms with Gasteiger partial charge >= 0.3 is 5.97 Å². The molecule has 0 bridgehead atoms. The van der Waals surface area contributed by atoms with E-state index in [2.05, 4.69) is 0 Å². The fourth-order valence-corrected chi connectivity index (χ4v) is 2.33. The fraction of sp³-hybridized carbons (Fsp3) is 0.0556. The average Bonchev–Trinajstić information content (AvgIpc) is 2.96. The van der Waals surface area contributed by atoms with Crippen molar-refractivity contribution >= 4 is 23.5 Å². The van der Waals surface area contributed by atoms with E-state index in [0.29, 0.717) is 17.1 Å². The van der Waals surface area contributed by atoms with Crippen molar-refractivity contribution in [2.45, 2.75) is 0 Å². The van der Waals surface area contributed by atoms with Gasteiger partial charge in [-0.15, -0.1) is 0 Å². The Morgan fingerprint density at radius 2 is 1.83 bits per heavy atom. The van der Waals surface area contributed by atoms with Gasteiger partial charge in [-0.1, -0.05) is 12.1 Å². The first kappa shape index (κ1) is 15.5. The number of carbonyl (C=O) groups is 1. The number of cyclic esters (lactones) is 1. The highest BCUT2D eigenvalue weighted by atomic mass is 16.6. The van der Waals surface area contributed by atoms with Gasteiger partial charge in [0.15, 0.2) is 0 Å². The molecule has 0 N–H and O–H groups in total. The maximum Gasteiger partial charge on any atom is 0.343 e. The minimum atomic E-state index is -0.543. The van der Waals surface area contributed by atoms with Gasteiger partial charge in [0, 0.05) is 11.6 Å². The van der Waals surface area contributed by atoms with Crippen LogP contribution in [-0.2, 0) is 9.53 Å². The summed E-state index contributed by atoms with van der Waals surface area (Å²) in [6.07, 6.45) is 3.03. The zero-order valence-electron chi connectivity index (χ0n) is 12.8. The third-order valence-electron chi connectivity index (χ3n) is 3.54. The van der Waals surface area contributed by atoms with E-state index in [1.165, 1.54) is 12.1 Å². The molecule has 0 aromatic heterocycles. The highest BCUT2D eigenvalue weighted by Gasteiger charge is 2.23. The lowest BCUT2D eigenvalue weighted by molar-refractivity contribution is -0.385. The Balaban J connectivity index is 1.95. The van der Waals surface area contributed by atoms with Crippen molar-refractivity contribution in [1.29, 1.82) is 0 Å². The van der Waals surface area contributed by atoms with Gasteiger partial charge in [0.05, 0.1) is 23.2 Å². The van der Waals surface area contributed by atoms with Gasteiger partial charge in [0.25, 0.3) is 5.69 Å². The van der Waals surface area contributed by atoms with Crippen molar-refractivity contribution in [2.24, 2.45) is 0 Å². The number of hydrogen-bond acceptors (Lipinski definition) is 5. The van der Waals surface area contributed by atoms with Gasteiger partial charge in [0.2, 0.25) is 0 Å². The first-order chi connectivity index (χ1) is 11.6. The van der Waals surface area contributed by atoms with E-state index in [1.54, 1.807) is 55.7 Å². The molecule has 0 aliphatic carbocycles. The molecular formula is C18H13NO5. The van der Waals surface area contributed by atoms with Gasteiger partial charge < -0.3 is 9.47 Å². The molecule has 3 rings (SSSR count). The second-order valence-electron chi connectivity index (χ2n) is 5.04. The Hall–Kier alpha value is -3.41. The summed E-state index contributed by atoms with van der Waals surface area (Å²) in [5.74, 6) is 0.547. The summed E-state index contributed by atoms with van der Waals surface area (Å²) < 4.78 is 10.3. The number of methoxy groups -OCH3 is 1. The molecule has 24 heavy (non-hydrogen) atoms. The molecule has 0 unspecified atom stereocenters. The van der Waals surface area contributed by atoms with Crippen molar-refractivity contribution in [3.63, 3.8) is 0 Å².